The maximum atomic E-state index is 14.0. The highest BCUT2D eigenvalue weighted by molar-refractivity contribution is 5.97. The van der Waals surface area contributed by atoms with E-state index in [2.05, 4.69) is 26.6 Å². The summed E-state index contributed by atoms with van der Waals surface area (Å²) in [5.41, 5.74) is 10.8. The van der Waals surface area contributed by atoms with E-state index in [1.807, 2.05) is 27.7 Å². The summed E-state index contributed by atoms with van der Waals surface area (Å²) < 4.78 is 0. The van der Waals surface area contributed by atoms with E-state index in [1.165, 1.54) is 16.7 Å². The van der Waals surface area contributed by atoms with Crippen LogP contribution in [0.25, 0.3) is 0 Å². The SMILES string of the molecule is CC(C)C[C@H](NC(=O)[C@H](C)NC(=O)[C@@H]1CCCN1C(=O)[C@H](CC(C)C)NC(=O)[C@@H](NC(=O)CNC(=O)[C@@H](N)CCC(N)=O)C(C)C)C(=O)N1CCC[C@H]1C(=O)O. The molecule has 0 aliphatic carbocycles. The fourth-order valence-corrected chi connectivity index (χ4v) is 6.80. The summed E-state index contributed by atoms with van der Waals surface area (Å²) in [4.78, 5) is 118. The van der Waals surface area contributed by atoms with Crippen LogP contribution in [0, 0.1) is 17.8 Å². The first-order chi connectivity index (χ1) is 26.1. The zero-order valence-corrected chi connectivity index (χ0v) is 33.7. The van der Waals surface area contributed by atoms with Crippen molar-refractivity contribution in [2.45, 2.75) is 142 Å². The fraction of sp³-hybridized carbons (Fsp3) is 0.757. The highest BCUT2D eigenvalue weighted by Crippen LogP contribution is 2.22. The lowest BCUT2D eigenvalue weighted by Crippen LogP contribution is -2.59. The Morgan fingerprint density at radius 1 is 0.696 bits per heavy atom. The smallest absolute Gasteiger partial charge is 0.326 e. The third kappa shape index (κ3) is 14.4. The molecule has 0 unspecified atom stereocenters. The average molecular weight is 794 g/mol. The molecule has 8 amide bonds. The molecule has 0 radical (unpaired) electrons. The molecule has 0 saturated carbocycles. The van der Waals surface area contributed by atoms with Gasteiger partial charge in [-0.3, -0.25) is 38.4 Å². The van der Waals surface area contributed by atoms with Gasteiger partial charge >= 0.3 is 5.97 Å². The van der Waals surface area contributed by atoms with Gasteiger partial charge in [0.2, 0.25) is 47.3 Å². The number of aliphatic carboxylic acids is 1. The predicted molar refractivity (Wildman–Crippen MR) is 204 cm³/mol. The summed E-state index contributed by atoms with van der Waals surface area (Å²) in [6, 6.07) is -7.22. The van der Waals surface area contributed by atoms with E-state index in [1.54, 1.807) is 13.8 Å². The number of rotatable bonds is 21. The third-order valence-electron chi connectivity index (χ3n) is 9.78. The first kappa shape index (κ1) is 47.3. The second-order valence-corrected chi connectivity index (χ2v) is 15.9. The molecule has 0 spiro atoms. The van der Waals surface area contributed by atoms with E-state index in [9.17, 15) is 48.3 Å². The molecule has 0 aromatic carbocycles. The van der Waals surface area contributed by atoms with Gasteiger partial charge in [0.15, 0.2) is 0 Å². The summed E-state index contributed by atoms with van der Waals surface area (Å²) in [7, 11) is 0. The van der Waals surface area contributed by atoms with E-state index in [-0.39, 0.29) is 50.6 Å². The lowest BCUT2D eigenvalue weighted by Gasteiger charge is -2.32. The van der Waals surface area contributed by atoms with Crippen LogP contribution in [-0.2, 0) is 43.2 Å². The van der Waals surface area contributed by atoms with E-state index in [4.69, 9.17) is 11.5 Å². The van der Waals surface area contributed by atoms with Crippen LogP contribution in [-0.4, -0.2) is 130 Å². The molecule has 56 heavy (non-hydrogen) atoms. The van der Waals surface area contributed by atoms with Gasteiger partial charge in [-0.15, -0.1) is 0 Å². The number of nitrogens with zero attached hydrogens (tertiary/aromatic N) is 2. The van der Waals surface area contributed by atoms with Crippen molar-refractivity contribution in [2.24, 2.45) is 29.2 Å². The molecule has 2 saturated heterocycles. The average Bonchev–Trinajstić information content (AvgIpc) is 3.81. The minimum absolute atomic E-state index is 0.00312. The maximum Gasteiger partial charge on any atom is 0.326 e. The molecule has 2 rings (SSSR count). The van der Waals surface area contributed by atoms with Gasteiger partial charge in [-0.05, 0) is 69.6 Å². The highest BCUT2D eigenvalue weighted by atomic mass is 16.4. The van der Waals surface area contributed by atoms with E-state index in [0.717, 1.165) is 0 Å². The van der Waals surface area contributed by atoms with Crippen molar-refractivity contribution in [2.75, 3.05) is 19.6 Å². The van der Waals surface area contributed by atoms with Gasteiger partial charge < -0.3 is 53.0 Å². The second kappa shape index (κ2) is 22.1. The molecule has 19 heteroatoms. The highest BCUT2D eigenvalue weighted by Gasteiger charge is 2.41. The maximum absolute atomic E-state index is 14.0. The number of carboxylic acid groups (broad SMARTS) is 1. The Morgan fingerprint density at radius 2 is 1.20 bits per heavy atom. The number of nitrogens with one attached hydrogen (secondary N) is 5. The Labute approximate surface area is 328 Å². The van der Waals surface area contributed by atoms with Gasteiger partial charge in [0.1, 0.15) is 36.3 Å². The van der Waals surface area contributed by atoms with Gasteiger partial charge in [0.05, 0.1) is 12.6 Å². The summed E-state index contributed by atoms with van der Waals surface area (Å²) in [5.74, 6) is -6.46. The molecule has 2 fully saturated rings. The molecule has 7 atom stereocenters. The molecule has 19 nitrogen and oxygen atoms in total. The number of amides is 8. The zero-order chi connectivity index (χ0) is 42.4. The largest absolute Gasteiger partial charge is 0.480 e. The van der Waals surface area contributed by atoms with Crippen LogP contribution in [0.1, 0.15) is 99.8 Å². The van der Waals surface area contributed by atoms with Gasteiger partial charge in [0, 0.05) is 19.5 Å². The Hall–Kier alpha value is -4.81. The molecule has 0 aromatic heterocycles. The molecule has 10 N–H and O–H groups in total. The van der Waals surface area contributed by atoms with Crippen molar-refractivity contribution in [3.8, 4) is 0 Å². The second-order valence-electron chi connectivity index (χ2n) is 15.9. The van der Waals surface area contributed by atoms with Crippen LogP contribution in [0.5, 0.6) is 0 Å². The Balaban J connectivity index is 2.10. The van der Waals surface area contributed by atoms with Crippen LogP contribution in [0.15, 0.2) is 0 Å². The van der Waals surface area contributed by atoms with Crippen molar-refractivity contribution in [3.63, 3.8) is 0 Å². The topological polar surface area (TPSA) is 293 Å². The zero-order valence-electron chi connectivity index (χ0n) is 33.7. The number of carbonyl (C=O) groups excluding carboxylic acids is 8. The van der Waals surface area contributed by atoms with Gasteiger partial charge in [-0.1, -0.05) is 41.5 Å². The lowest BCUT2D eigenvalue weighted by atomic mass is 9.99. The summed E-state index contributed by atoms with van der Waals surface area (Å²) in [6.07, 6.45) is 2.01. The molecule has 2 heterocycles. The first-order valence-electron chi connectivity index (χ1n) is 19.5. The van der Waals surface area contributed by atoms with Crippen LogP contribution in [0.3, 0.4) is 0 Å². The molecular formula is C37H63N9O10. The number of likely N-dealkylation sites (tertiary alicyclic amines) is 2. The monoisotopic (exact) mass is 793 g/mol. The van der Waals surface area contributed by atoms with Crippen molar-refractivity contribution in [3.05, 3.63) is 0 Å². The van der Waals surface area contributed by atoms with Crippen LogP contribution < -0.4 is 38.1 Å². The third-order valence-corrected chi connectivity index (χ3v) is 9.78. The van der Waals surface area contributed by atoms with Crippen molar-refractivity contribution in [1.29, 1.82) is 0 Å². The number of carbonyl (C=O) groups is 9. The molecule has 316 valence electrons. The van der Waals surface area contributed by atoms with E-state index >= 15 is 0 Å². The van der Waals surface area contributed by atoms with Crippen LogP contribution in [0.2, 0.25) is 0 Å². The van der Waals surface area contributed by atoms with E-state index < -0.39 is 108 Å². The molecule has 0 bridgehead atoms. The van der Waals surface area contributed by atoms with Crippen molar-refractivity contribution < 1.29 is 48.3 Å². The van der Waals surface area contributed by atoms with E-state index in [0.29, 0.717) is 25.7 Å². The minimum atomic E-state index is -1.11. The van der Waals surface area contributed by atoms with Crippen LogP contribution in [0.4, 0.5) is 0 Å². The fourth-order valence-electron chi connectivity index (χ4n) is 6.80. The number of hydrogen-bond acceptors (Lipinski definition) is 10. The van der Waals surface area contributed by atoms with Crippen LogP contribution >= 0.6 is 0 Å². The van der Waals surface area contributed by atoms with Crippen molar-refractivity contribution >= 4 is 53.2 Å². The predicted octanol–water partition coefficient (Wildman–Crippen LogP) is -1.53. The standard InChI is InChI=1S/C37H63N9O10/c1-19(2)16-24(36(54)46-15-9-11-27(46)37(55)56)42-31(49)22(7)41-33(51)26-10-8-14-45(26)35(53)25(17-20(3)4)43-34(52)30(21(5)6)44-29(48)18-40-32(50)23(38)12-13-28(39)47/h19-27,30H,8-18,38H2,1-7H3,(H2,39,47)(H,40,50)(H,41,51)(H,42,49)(H,43,52)(H,44,48)(H,55,56)/t22-,23-,24-,25-,26-,27-,30-/m0/s1. The summed E-state index contributed by atoms with van der Waals surface area (Å²) >= 11 is 0. The molecule has 2 aliphatic rings. The Kier molecular flexibility index (Phi) is 18.7. The molecular weight excluding hydrogens is 730 g/mol. The van der Waals surface area contributed by atoms with Crippen molar-refractivity contribution in [1.82, 2.24) is 36.4 Å². The number of nitrogens with two attached hydrogens (primary N) is 2. The first-order valence-corrected chi connectivity index (χ1v) is 19.5. The molecule has 0 aromatic rings. The Bertz CT molecular complexity index is 1460. The van der Waals surface area contributed by atoms with Gasteiger partial charge in [-0.25, -0.2) is 4.79 Å². The van der Waals surface area contributed by atoms with Gasteiger partial charge in [-0.2, -0.15) is 0 Å². The summed E-state index contributed by atoms with van der Waals surface area (Å²) in [5, 5.41) is 22.6. The normalized spacial score (nSPS) is 19.5. The quantitative estimate of drug-likeness (QED) is 0.0660. The molecule has 2 aliphatic heterocycles. The number of primary amides is 1. The van der Waals surface area contributed by atoms with Gasteiger partial charge in [0.25, 0.3) is 0 Å². The summed E-state index contributed by atoms with van der Waals surface area (Å²) in [6.45, 7) is 12.3. The lowest BCUT2D eigenvalue weighted by molar-refractivity contribution is -0.149. The minimum Gasteiger partial charge on any atom is -0.480 e. The number of hydrogen-bond donors (Lipinski definition) is 8. The number of carboxylic acids is 1. The Morgan fingerprint density at radius 3 is 1.68 bits per heavy atom.